The monoisotopic (exact) mass is 972 g/mol. The van der Waals surface area contributed by atoms with E-state index in [4.69, 9.17) is 12.9 Å². The predicted molar refractivity (Wildman–Crippen MR) is 199 cm³/mol. The lowest BCUT2D eigenvalue weighted by Crippen LogP contribution is -2.61. The SMILES string of the molecule is CC.CC.CC1(C)CCC2(C(=O)OOI)CCC3C(C(=O)C=C4C5(C)C=C(O)C(=O)C(O)C5CCC43C)C2C1.CI.O=COI. The summed E-state index contributed by atoms with van der Waals surface area (Å²) in [6.07, 6.45) is 7.10. The van der Waals surface area contributed by atoms with Gasteiger partial charge in [-0.15, -0.1) is 3.22 Å². The molecule has 2 N–H and O–H groups in total. The van der Waals surface area contributed by atoms with E-state index in [1.807, 2.05) is 39.5 Å². The summed E-state index contributed by atoms with van der Waals surface area (Å²) in [6, 6.07) is 0. The number of carbonyl (C=O) groups excluding carboxylic acids is 4. The lowest BCUT2D eigenvalue weighted by molar-refractivity contribution is -0.224. The van der Waals surface area contributed by atoms with E-state index in [-0.39, 0.29) is 46.3 Å². The third-order valence-electron chi connectivity index (χ3n) is 10.8. The zero-order chi connectivity index (χ0) is 35.0. The molecule has 0 aliphatic heterocycles. The van der Waals surface area contributed by atoms with Crippen molar-refractivity contribution in [2.45, 2.75) is 106 Å². The summed E-state index contributed by atoms with van der Waals surface area (Å²) in [5.74, 6) is -2.19. The van der Waals surface area contributed by atoms with Crippen molar-refractivity contribution < 1.29 is 40.6 Å². The molecule has 12 heteroatoms. The van der Waals surface area contributed by atoms with E-state index >= 15 is 0 Å². The van der Waals surface area contributed by atoms with Crippen molar-refractivity contribution in [1.29, 1.82) is 0 Å². The zero-order valence-electron chi connectivity index (χ0n) is 28.0. The largest absolute Gasteiger partial charge is 0.505 e. The number of aliphatic hydroxyl groups is 2. The molecule has 0 aromatic heterocycles. The van der Waals surface area contributed by atoms with Crippen LogP contribution in [0, 0.1) is 45.3 Å². The number of aliphatic hydroxyl groups excluding tert-OH is 2. The van der Waals surface area contributed by atoms with Crippen molar-refractivity contribution in [3.8, 4) is 0 Å². The number of alkyl halides is 1. The maximum absolute atomic E-state index is 14.0. The van der Waals surface area contributed by atoms with Gasteiger partial charge in [0.25, 0.3) is 0 Å². The molecule has 0 spiro atoms. The molecule has 0 radical (unpaired) electrons. The molecule has 0 heterocycles. The zero-order valence-corrected chi connectivity index (χ0v) is 34.4. The summed E-state index contributed by atoms with van der Waals surface area (Å²) in [7, 11) is 0. The molecule has 0 bridgehead atoms. The van der Waals surface area contributed by atoms with E-state index in [9.17, 15) is 24.6 Å². The lowest BCUT2D eigenvalue weighted by atomic mass is 9.40. The number of halogens is 3. The van der Waals surface area contributed by atoms with Gasteiger partial charge in [-0.25, -0.2) is 4.79 Å². The van der Waals surface area contributed by atoms with Crippen molar-refractivity contribution in [2.24, 2.45) is 45.3 Å². The summed E-state index contributed by atoms with van der Waals surface area (Å²) in [5.41, 5.74) is -0.923. The third kappa shape index (κ3) is 8.11. The smallest absolute Gasteiger partial charge is 0.349 e. The van der Waals surface area contributed by atoms with E-state index in [0.717, 1.165) is 31.3 Å². The second kappa shape index (κ2) is 17.9. The number of allylic oxidation sites excluding steroid dienone is 3. The highest BCUT2D eigenvalue weighted by Crippen LogP contribution is 2.69. The van der Waals surface area contributed by atoms with E-state index in [2.05, 4.69) is 46.4 Å². The average Bonchev–Trinajstić information content (AvgIpc) is 3.03. The first kappa shape index (κ1) is 42.7. The number of hydrogen-bond acceptors (Lipinski definition) is 9. The second-order valence-electron chi connectivity index (χ2n) is 13.1. The Morgan fingerprint density at radius 1 is 0.933 bits per heavy atom. The number of Topliss-reactive ketones (excluding diaryl/α,β-unsaturated/α-hetero) is 1. The summed E-state index contributed by atoms with van der Waals surface area (Å²) in [5, 5.41) is 21.1. The van der Waals surface area contributed by atoms with Gasteiger partial charge in [-0.3, -0.25) is 19.3 Å². The van der Waals surface area contributed by atoms with Gasteiger partial charge < -0.3 is 13.3 Å². The fraction of sp³-hybridized carbons (Fsp3) is 0.758. The van der Waals surface area contributed by atoms with Crippen LogP contribution >= 0.6 is 68.6 Å². The van der Waals surface area contributed by atoms with Crippen molar-refractivity contribution in [1.82, 2.24) is 0 Å². The minimum absolute atomic E-state index is 0.0126. The van der Waals surface area contributed by atoms with Crippen LogP contribution in [0.25, 0.3) is 0 Å². The van der Waals surface area contributed by atoms with Gasteiger partial charge in [0.2, 0.25) is 5.78 Å². The molecule has 0 aromatic carbocycles. The van der Waals surface area contributed by atoms with E-state index in [0.29, 0.717) is 25.7 Å². The van der Waals surface area contributed by atoms with Crippen LogP contribution in [0.1, 0.15) is 100 Å². The Bertz CT molecular complexity index is 1120. The van der Waals surface area contributed by atoms with Crippen molar-refractivity contribution >= 4 is 92.6 Å². The topological polar surface area (TPSA) is 136 Å². The van der Waals surface area contributed by atoms with Gasteiger partial charge in [0, 0.05) is 17.3 Å². The number of carbonyl (C=O) groups is 4. The number of rotatable bonds is 3. The van der Waals surface area contributed by atoms with Gasteiger partial charge in [-0.1, -0.05) is 83.6 Å². The maximum atomic E-state index is 14.0. The van der Waals surface area contributed by atoms with Gasteiger partial charge >= 0.3 is 12.4 Å². The average molecular weight is 972 g/mol. The van der Waals surface area contributed by atoms with Gasteiger partial charge in [-0.2, -0.15) is 0 Å². The summed E-state index contributed by atoms with van der Waals surface area (Å²) in [4.78, 5) is 55.6. The molecule has 0 amide bonds. The minimum atomic E-state index is -1.27. The van der Waals surface area contributed by atoms with Gasteiger partial charge in [-0.05, 0) is 84.7 Å². The molecule has 0 aromatic rings. The molecular formula is C33H51I3O9. The highest BCUT2D eigenvalue weighted by molar-refractivity contribution is 14.1. The lowest BCUT2D eigenvalue weighted by Gasteiger charge is -2.63. The molecule has 3 saturated carbocycles. The quantitative estimate of drug-likeness (QED) is 0.0938. The van der Waals surface area contributed by atoms with Crippen LogP contribution in [-0.2, 0) is 30.3 Å². The van der Waals surface area contributed by atoms with Crippen LogP contribution in [0.5, 0.6) is 0 Å². The molecule has 8 atom stereocenters. The van der Waals surface area contributed by atoms with Crippen LogP contribution in [0.15, 0.2) is 23.5 Å². The highest BCUT2D eigenvalue weighted by atomic mass is 127. The summed E-state index contributed by atoms with van der Waals surface area (Å²) in [6.45, 7) is 16.9. The van der Waals surface area contributed by atoms with Gasteiger partial charge in [0.1, 0.15) is 6.10 Å². The van der Waals surface area contributed by atoms with Gasteiger partial charge in [0.05, 0.1) is 5.41 Å². The standard InChI is InChI=1S/C27H35IO7.2C2H6.CHIO2.CH3I/c1-24(2)9-10-27(23(33)34-35-28)8-6-14-20(16(27)12-24)17(29)11-19-25(14,3)7-5-15-21(31)22(32)18(30)13-26(15,19)4;2*1-2;2-4-1-3;1-2/h11,13-16,20-21,30-31H,5-10,12H2,1-4H3;2*1-2H3;1H;1H3. The van der Waals surface area contributed by atoms with Crippen LogP contribution in [0.2, 0.25) is 0 Å². The Hall–Kier alpha value is -0.330. The third-order valence-corrected chi connectivity index (χ3v) is 11.1. The second-order valence-corrected chi connectivity index (χ2v) is 13.9. The highest BCUT2D eigenvalue weighted by Gasteiger charge is 2.66. The first-order valence-corrected chi connectivity index (χ1v) is 19.6. The van der Waals surface area contributed by atoms with Crippen LogP contribution in [0.4, 0.5) is 0 Å². The van der Waals surface area contributed by atoms with Gasteiger partial charge in [0.15, 0.2) is 57.6 Å². The Morgan fingerprint density at radius 2 is 1.49 bits per heavy atom. The van der Waals surface area contributed by atoms with Crippen molar-refractivity contribution in [3.05, 3.63) is 23.5 Å². The normalized spacial score (nSPS) is 36.9. The van der Waals surface area contributed by atoms with Crippen LogP contribution in [0.3, 0.4) is 0 Å². The Morgan fingerprint density at radius 3 is 2.02 bits per heavy atom. The number of hydrogen-bond donors (Lipinski definition) is 2. The molecule has 8 unspecified atom stereocenters. The first-order chi connectivity index (χ1) is 21.2. The molecule has 5 rings (SSSR count). The number of fused-ring (bicyclic) bond motifs is 7. The first-order valence-electron chi connectivity index (χ1n) is 15.7. The fourth-order valence-electron chi connectivity index (χ4n) is 8.88. The van der Waals surface area contributed by atoms with Crippen LogP contribution in [-0.4, -0.2) is 45.3 Å². The molecule has 5 aliphatic carbocycles. The van der Waals surface area contributed by atoms with Crippen LogP contribution < -0.4 is 0 Å². The molecule has 258 valence electrons. The Balaban J connectivity index is 0.000000910. The molecular weight excluding hydrogens is 921 g/mol. The number of ketones is 2. The summed E-state index contributed by atoms with van der Waals surface area (Å²) < 4.78 is 8.60. The van der Waals surface area contributed by atoms with E-state index in [1.165, 1.54) is 23.0 Å². The molecule has 45 heavy (non-hydrogen) atoms. The predicted octanol–water partition coefficient (Wildman–Crippen LogP) is 8.58. The molecule has 3 fully saturated rings. The fourth-order valence-corrected chi connectivity index (χ4v) is 9.04. The van der Waals surface area contributed by atoms with Crippen molar-refractivity contribution in [2.75, 3.05) is 4.93 Å². The molecule has 0 saturated heterocycles. The summed E-state index contributed by atoms with van der Waals surface area (Å²) >= 11 is 5.20. The molecule has 5 aliphatic rings. The Labute approximate surface area is 310 Å². The molecule has 9 nitrogen and oxygen atoms in total. The minimum Gasteiger partial charge on any atom is -0.505 e. The Kier molecular flexibility index (Phi) is 17.0. The van der Waals surface area contributed by atoms with E-state index < -0.39 is 28.5 Å². The van der Waals surface area contributed by atoms with E-state index in [1.54, 1.807) is 35.2 Å². The maximum Gasteiger partial charge on any atom is 0.349 e. The van der Waals surface area contributed by atoms with Crippen molar-refractivity contribution in [3.63, 3.8) is 0 Å².